The fourth-order valence-corrected chi connectivity index (χ4v) is 8.99. The summed E-state index contributed by atoms with van der Waals surface area (Å²) in [4.78, 5) is 36.3. The van der Waals surface area contributed by atoms with Crippen molar-refractivity contribution in [1.29, 1.82) is 0 Å². The Kier molecular flexibility index (Phi) is 4.05. The van der Waals surface area contributed by atoms with E-state index in [9.17, 15) is 9.59 Å². The Hall–Kier alpha value is -1.14. The van der Waals surface area contributed by atoms with E-state index in [0.717, 1.165) is 57.8 Å². The summed E-state index contributed by atoms with van der Waals surface area (Å²) in [7, 11) is 0. The van der Waals surface area contributed by atoms with E-state index in [1.165, 1.54) is 6.92 Å². The minimum absolute atomic E-state index is 0.00369. The van der Waals surface area contributed by atoms with Crippen molar-refractivity contribution >= 4 is 11.9 Å². The van der Waals surface area contributed by atoms with Crippen molar-refractivity contribution in [2.24, 2.45) is 35.0 Å². The van der Waals surface area contributed by atoms with Gasteiger partial charge in [-0.3, -0.25) is 9.59 Å². The van der Waals surface area contributed by atoms with Gasteiger partial charge in [0, 0.05) is 19.3 Å². The first kappa shape index (κ1) is 19.5. The first-order valence-electron chi connectivity index (χ1n) is 12.0. The quantitative estimate of drug-likeness (QED) is 0.474. The molecule has 4 aliphatic carbocycles. The Morgan fingerprint density at radius 2 is 1.83 bits per heavy atom. The van der Waals surface area contributed by atoms with E-state index in [2.05, 4.69) is 13.8 Å². The number of ether oxygens (including phenoxy) is 2. The molecular weight excluding hydrogens is 384 g/mol. The second kappa shape index (κ2) is 6.22. The van der Waals surface area contributed by atoms with Crippen molar-refractivity contribution in [3.8, 4) is 0 Å². The van der Waals surface area contributed by atoms with Crippen LogP contribution < -0.4 is 0 Å². The van der Waals surface area contributed by atoms with Crippen molar-refractivity contribution in [2.45, 2.75) is 102 Å². The molecule has 2 bridgehead atoms. The van der Waals surface area contributed by atoms with Crippen LogP contribution in [0.2, 0.25) is 0 Å². The van der Waals surface area contributed by atoms with Crippen molar-refractivity contribution < 1.29 is 28.8 Å². The zero-order chi connectivity index (χ0) is 20.9. The summed E-state index contributed by atoms with van der Waals surface area (Å²) in [6.07, 6.45) is 9.00. The summed E-state index contributed by atoms with van der Waals surface area (Å²) in [5, 5.41) is 0. The standard InChI is InChI=1S/C24H34O6/c1-13-20-19(28-21(13)26)11-18-17-5-4-15-10-16(27-14(2)25)6-7-23(15)12-24(17,30-29-23)9-8-22(18,20)3/h13,15-20H,4-12H2,1-3H3/t13-,15-,16+,17-,18-,19-,20-,22-,23+,24-/m0/s1. The lowest BCUT2D eigenvalue weighted by Crippen LogP contribution is -2.52. The average molecular weight is 419 g/mol. The summed E-state index contributed by atoms with van der Waals surface area (Å²) >= 11 is 0. The predicted octanol–water partition coefficient (Wildman–Crippen LogP) is 3.96. The molecule has 6 nitrogen and oxygen atoms in total. The van der Waals surface area contributed by atoms with E-state index in [-0.39, 0.29) is 46.7 Å². The summed E-state index contributed by atoms with van der Waals surface area (Å²) in [6.45, 7) is 5.97. The third-order valence-electron chi connectivity index (χ3n) is 10.2. The molecule has 6 fully saturated rings. The number of fused-ring (bicyclic) bond motifs is 4. The monoisotopic (exact) mass is 418 g/mol. The van der Waals surface area contributed by atoms with Crippen LogP contribution in [0.25, 0.3) is 0 Å². The summed E-state index contributed by atoms with van der Waals surface area (Å²) in [6, 6.07) is 0. The van der Waals surface area contributed by atoms with Crippen LogP contribution in [0.3, 0.4) is 0 Å². The summed E-state index contributed by atoms with van der Waals surface area (Å²) in [5.41, 5.74) is -0.270. The zero-order valence-corrected chi connectivity index (χ0v) is 18.4. The van der Waals surface area contributed by atoms with E-state index in [4.69, 9.17) is 19.2 Å². The molecule has 166 valence electrons. The highest BCUT2D eigenvalue weighted by molar-refractivity contribution is 5.75. The molecule has 6 heteroatoms. The van der Waals surface area contributed by atoms with Crippen LogP contribution in [-0.2, 0) is 28.8 Å². The molecule has 6 rings (SSSR count). The van der Waals surface area contributed by atoms with Crippen molar-refractivity contribution in [1.82, 2.24) is 0 Å². The summed E-state index contributed by atoms with van der Waals surface area (Å²) in [5.74, 6) is 1.49. The van der Waals surface area contributed by atoms with Gasteiger partial charge in [-0.1, -0.05) is 13.8 Å². The lowest BCUT2D eigenvalue weighted by atomic mass is 9.54. The number of carbonyl (C=O) groups excluding carboxylic acids is 2. The molecule has 0 aromatic rings. The molecule has 2 saturated heterocycles. The molecule has 0 radical (unpaired) electrons. The van der Waals surface area contributed by atoms with Crippen molar-refractivity contribution in [2.75, 3.05) is 0 Å². The molecule has 2 aliphatic heterocycles. The predicted molar refractivity (Wildman–Crippen MR) is 106 cm³/mol. The van der Waals surface area contributed by atoms with Crippen molar-refractivity contribution in [3.05, 3.63) is 0 Å². The van der Waals surface area contributed by atoms with Gasteiger partial charge < -0.3 is 9.47 Å². The highest BCUT2D eigenvalue weighted by Crippen LogP contribution is 2.69. The maximum Gasteiger partial charge on any atom is 0.309 e. The van der Waals surface area contributed by atoms with Gasteiger partial charge in [0.1, 0.15) is 23.4 Å². The molecule has 30 heavy (non-hydrogen) atoms. The normalized spacial score (nSPS) is 56.2. The molecule has 6 aliphatic rings. The highest BCUT2D eigenvalue weighted by atomic mass is 17.2. The average Bonchev–Trinajstić information content (AvgIpc) is 3.25. The molecule has 0 aromatic carbocycles. The molecule has 0 unspecified atom stereocenters. The molecular formula is C24H34O6. The van der Waals surface area contributed by atoms with E-state index < -0.39 is 0 Å². The van der Waals surface area contributed by atoms with E-state index >= 15 is 0 Å². The molecule has 0 N–H and O–H groups in total. The number of hydrogen-bond donors (Lipinski definition) is 0. The number of hydrogen-bond acceptors (Lipinski definition) is 6. The molecule has 4 saturated carbocycles. The van der Waals surface area contributed by atoms with Gasteiger partial charge in [0.05, 0.1) is 5.92 Å². The second-order valence-corrected chi connectivity index (χ2v) is 11.5. The first-order valence-corrected chi connectivity index (χ1v) is 12.0. The first-order chi connectivity index (χ1) is 14.3. The maximum atomic E-state index is 12.2. The lowest BCUT2D eigenvalue weighted by Gasteiger charge is -2.52. The maximum absolute atomic E-state index is 12.2. The SMILES string of the molecule is CC(=O)O[C@@H]1CC[C@@]23C[C@]4(CC[C@]5(C)[C@@H]6[C@H](C[C@H]5[C@@H]4CC[C@H]2C1)OC(=O)[C@H]6C)OO3. The molecule has 0 aromatic heterocycles. The molecule has 10 atom stereocenters. The Morgan fingerprint density at radius 1 is 1.03 bits per heavy atom. The minimum Gasteiger partial charge on any atom is -0.463 e. The van der Waals surface area contributed by atoms with Gasteiger partial charge in [-0.25, -0.2) is 9.78 Å². The Morgan fingerprint density at radius 3 is 2.63 bits per heavy atom. The Balaban J connectivity index is 1.29. The second-order valence-electron chi connectivity index (χ2n) is 11.5. The van der Waals surface area contributed by atoms with Crippen LogP contribution in [0.5, 0.6) is 0 Å². The fraction of sp³-hybridized carbons (Fsp3) is 0.917. The number of carbonyl (C=O) groups is 2. The largest absolute Gasteiger partial charge is 0.463 e. The molecule has 0 amide bonds. The van der Waals surface area contributed by atoms with Crippen molar-refractivity contribution in [3.63, 3.8) is 0 Å². The van der Waals surface area contributed by atoms with E-state index in [1.54, 1.807) is 0 Å². The van der Waals surface area contributed by atoms with E-state index in [1.807, 2.05) is 0 Å². The van der Waals surface area contributed by atoms with Crippen LogP contribution in [0, 0.1) is 35.0 Å². The van der Waals surface area contributed by atoms with Gasteiger partial charge >= 0.3 is 11.9 Å². The fourth-order valence-electron chi connectivity index (χ4n) is 8.99. The van der Waals surface area contributed by atoms with Crippen LogP contribution in [0.4, 0.5) is 0 Å². The van der Waals surface area contributed by atoms with Gasteiger partial charge in [-0.2, -0.15) is 0 Å². The van der Waals surface area contributed by atoms with Gasteiger partial charge in [0.2, 0.25) is 0 Å². The van der Waals surface area contributed by atoms with Crippen LogP contribution in [-0.4, -0.2) is 35.3 Å². The smallest absolute Gasteiger partial charge is 0.309 e. The van der Waals surface area contributed by atoms with Gasteiger partial charge in [-0.05, 0) is 74.5 Å². The van der Waals surface area contributed by atoms with Crippen LogP contribution in [0.1, 0.15) is 78.6 Å². The highest BCUT2D eigenvalue weighted by Gasteiger charge is 2.71. The van der Waals surface area contributed by atoms with Gasteiger partial charge in [-0.15, -0.1) is 0 Å². The Labute approximate surface area is 178 Å². The minimum atomic E-state index is -0.215. The van der Waals surface area contributed by atoms with Crippen LogP contribution in [0.15, 0.2) is 0 Å². The number of esters is 2. The summed E-state index contributed by atoms with van der Waals surface area (Å²) < 4.78 is 11.4. The van der Waals surface area contributed by atoms with Crippen LogP contribution >= 0.6 is 0 Å². The topological polar surface area (TPSA) is 71.1 Å². The zero-order valence-electron chi connectivity index (χ0n) is 18.4. The lowest BCUT2D eigenvalue weighted by molar-refractivity contribution is -0.386. The third kappa shape index (κ3) is 2.44. The molecule has 2 spiro atoms. The number of rotatable bonds is 1. The van der Waals surface area contributed by atoms with Gasteiger partial charge in [0.25, 0.3) is 0 Å². The van der Waals surface area contributed by atoms with E-state index in [0.29, 0.717) is 23.7 Å². The third-order valence-corrected chi connectivity index (χ3v) is 10.2. The Bertz CT molecular complexity index is 782. The van der Waals surface area contributed by atoms with Gasteiger partial charge in [0.15, 0.2) is 0 Å². The molecule has 2 heterocycles.